The highest BCUT2D eigenvalue weighted by atomic mass is 79.9. The van der Waals surface area contributed by atoms with Crippen molar-refractivity contribution in [3.8, 4) is 0 Å². The van der Waals surface area contributed by atoms with Crippen molar-refractivity contribution in [2.45, 2.75) is 19.1 Å². The smallest absolute Gasteiger partial charge is 0.254 e. The Morgan fingerprint density at radius 1 is 1.65 bits per heavy atom. The second-order valence-corrected chi connectivity index (χ2v) is 7.01. The number of hydrogen-bond donors (Lipinski definition) is 0. The molecule has 1 saturated heterocycles. The van der Waals surface area contributed by atoms with Crippen LogP contribution in [0.4, 0.5) is 0 Å². The van der Waals surface area contributed by atoms with E-state index in [2.05, 4.69) is 31.9 Å². The van der Waals surface area contributed by atoms with Gasteiger partial charge in [0.05, 0.1) is 21.6 Å². The molecule has 2 rings (SSSR count). The molecule has 1 amide bonds. The highest BCUT2D eigenvalue weighted by Gasteiger charge is 2.28. The van der Waals surface area contributed by atoms with E-state index in [0.29, 0.717) is 13.1 Å². The van der Waals surface area contributed by atoms with Gasteiger partial charge < -0.3 is 9.64 Å². The van der Waals surface area contributed by atoms with Gasteiger partial charge in [-0.1, -0.05) is 15.9 Å². The SMILES string of the molecule is CC1CN(C(=O)c2csc(Br)c2)CC(CBr)O1. The topological polar surface area (TPSA) is 29.5 Å². The molecule has 0 bridgehead atoms. The van der Waals surface area contributed by atoms with Crippen molar-refractivity contribution in [2.75, 3.05) is 18.4 Å². The van der Waals surface area contributed by atoms with E-state index < -0.39 is 0 Å². The van der Waals surface area contributed by atoms with Gasteiger partial charge in [-0.3, -0.25) is 4.79 Å². The Labute approximate surface area is 121 Å². The molecule has 0 spiro atoms. The van der Waals surface area contributed by atoms with Crippen LogP contribution in [-0.4, -0.2) is 41.4 Å². The van der Waals surface area contributed by atoms with Gasteiger partial charge in [-0.2, -0.15) is 0 Å². The first-order valence-electron chi connectivity index (χ1n) is 5.35. The maximum Gasteiger partial charge on any atom is 0.254 e. The van der Waals surface area contributed by atoms with Gasteiger partial charge >= 0.3 is 0 Å². The van der Waals surface area contributed by atoms with Gasteiger partial charge in [0.2, 0.25) is 0 Å². The highest BCUT2D eigenvalue weighted by Crippen LogP contribution is 2.23. The molecule has 0 N–H and O–H groups in total. The lowest BCUT2D eigenvalue weighted by Gasteiger charge is -2.36. The molecule has 0 aromatic carbocycles. The molecule has 1 aromatic heterocycles. The second kappa shape index (κ2) is 5.82. The van der Waals surface area contributed by atoms with Crippen LogP contribution in [-0.2, 0) is 4.74 Å². The number of carbonyl (C=O) groups is 1. The van der Waals surface area contributed by atoms with E-state index >= 15 is 0 Å². The van der Waals surface area contributed by atoms with E-state index in [1.165, 1.54) is 11.3 Å². The summed E-state index contributed by atoms with van der Waals surface area (Å²) in [5.41, 5.74) is 0.754. The number of thiophene rings is 1. The maximum absolute atomic E-state index is 12.3. The van der Waals surface area contributed by atoms with Gasteiger partial charge in [-0.05, 0) is 28.9 Å². The number of hydrogen-bond acceptors (Lipinski definition) is 3. The summed E-state index contributed by atoms with van der Waals surface area (Å²) in [5.74, 6) is 0.0908. The third-order valence-electron chi connectivity index (χ3n) is 2.60. The van der Waals surface area contributed by atoms with Crippen molar-refractivity contribution in [2.24, 2.45) is 0 Å². The molecule has 3 nitrogen and oxygen atoms in total. The van der Waals surface area contributed by atoms with E-state index in [0.717, 1.165) is 14.7 Å². The Kier molecular flexibility index (Phi) is 4.63. The van der Waals surface area contributed by atoms with Crippen molar-refractivity contribution < 1.29 is 9.53 Å². The zero-order valence-corrected chi connectivity index (χ0v) is 13.3. The summed E-state index contributed by atoms with van der Waals surface area (Å²) in [7, 11) is 0. The Morgan fingerprint density at radius 3 is 3.00 bits per heavy atom. The number of carbonyl (C=O) groups excluding carboxylic acids is 1. The molecule has 6 heteroatoms. The molecule has 2 heterocycles. The highest BCUT2D eigenvalue weighted by molar-refractivity contribution is 9.11. The van der Waals surface area contributed by atoms with Gasteiger partial charge in [-0.15, -0.1) is 11.3 Å². The fraction of sp³-hybridized carbons (Fsp3) is 0.545. The predicted octanol–water partition coefficient (Wildman–Crippen LogP) is 3.14. The molecule has 1 aliphatic heterocycles. The molecule has 1 aliphatic rings. The van der Waals surface area contributed by atoms with E-state index in [1.807, 2.05) is 23.3 Å². The Morgan fingerprint density at radius 2 is 2.41 bits per heavy atom. The Bertz CT molecular complexity index is 410. The summed E-state index contributed by atoms with van der Waals surface area (Å²) < 4.78 is 6.69. The fourth-order valence-electron chi connectivity index (χ4n) is 1.90. The van der Waals surface area contributed by atoms with Gasteiger partial charge in [0, 0.05) is 23.8 Å². The van der Waals surface area contributed by atoms with E-state index in [-0.39, 0.29) is 18.1 Å². The molecule has 2 unspecified atom stereocenters. The molecule has 0 radical (unpaired) electrons. The number of alkyl halides is 1. The average molecular weight is 383 g/mol. The fourth-order valence-corrected chi connectivity index (χ4v) is 3.39. The standard InChI is InChI=1S/C11H13Br2NO2S/c1-7-4-14(5-9(3-12)16-7)11(15)8-2-10(13)17-6-8/h2,6-7,9H,3-5H2,1H3. The third kappa shape index (κ3) is 3.30. The van der Waals surface area contributed by atoms with Crippen LogP contribution in [0.15, 0.2) is 15.2 Å². The summed E-state index contributed by atoms with van der Waals surface area (Å²) in [5, 5.41) is 2.64. The van der Waals surface area contributed by atoms with Crippen molar-refractivity contribution in [1.82, 2.24) is 4.90 Å². The third-order valence-corrected chi connectivity index (χ3v) is 4.83. The van der Waals surface area contributed by atoms with Crippen molar-refractivity contribution in [3.05, 3.63) is 20.8 Å². The van der Waals surface area contributed by atoms with Gasteiger partial charge in [0.25, 0.3) is 5.91 Å². The lowest BCUT2D eigenvalue weighted by Crippen LogP contribution is -2.49. The first-order valence-corrected chi connectivity index (χ1v) is 8.14. The minimum atomic E-state index is 0.0878. The van der Waals surface area contributed by atoms with E-state index in [4.69, 9.17) is 4.74 Å². The van der Waals surface area contributed by atoms with E-state index in [9.17, 15) is 4.79 Å². The number of morpholine rings is 1. The minimum Gasteiger partial charge on any atom is -0.371 e. The van der Waals surface area contributed by atoms with Crippen LogP contribution >= 0.6 is 43.2 Å². The molecule has 2 atom stereocenters. The van der Waals surface area contributed by atoms with Crippen molar-refractivity contribution >= 4 is 49.1 Å². The van der Waals surface area contributed by atoms with Gasteiger partial charge in [0.1, 0.15) is 0 Å². The van der Waals surface area contributed by atoms with Crippen LogP contribution in [0.3, 0.4) is 0 Å². The molecule has 0 aliphatic carbocycles. The number of amides is 1. The predicted molar refractivity (Wildman–Crippen MR) is 76.1 cm³/mol. The summed E-state index contributed by atoms with van der Waals surface area (Å²) in [4.78, 5) is 14.1. The van der Waals surface area contributed by atoms with Crippen LogP contribution in [0, 0.1) is 0 Å². The van der Waals surface area contributed by atoms with Crippen molar-refractivity contribution in [3.63, 3.8) is 0 Å². The van der Waals surface area contributed by atoms with Crippen LogP contribution in [0.2, 0.25) is 0 Å². The van der Waals surface area contributed by atoms with Gasteiger partial charge in [-0.25, -0.2) is 0 Å². The van der Waals surface area contributed by atoms with Crippen molar-refractivity contribution in [1.29, 1.82) is 0 Å². The monoisotopic (exact) mass is 381 g/mol. The number of halogens is 2. The summed E-state index contributed by atoms with van der Waals surface area (Å²) in [6.07, 6.45) is 0.183. The average Bonchev–Trinajstić information content (AvgIpc) is 2.74. The zero-order valence-electron chi connectivity index (χ0n) is 9.36. The lowest BCUT2D eigenvalue weighted by atomic mass is 10.2. The maximum atomic E-state index is 12.3. The number of ether oxygens (including phenoxy) is 1. The summed E-state index contributed by atoms with van der Waals surface area (Å²) in [6, 6.07) is 1.87. The molecule has 1 fully saturated rings. The largest absolute Gasteiger partial charge is 0.371 e. The molecular weight excluding hydrogens is 370 g/mol. The van der Waals surface area contributed by atoms with Crippen LogP contribution < -0.4 is 0 Å². The van der Waals surface area contributed by atoms with Gasteiger partial charge in [0.15, 0.2) is 0 Å². The lowest BCUT2D eigenvalue weighted by molar-refractivity contribution is -0.0559. The number of nitrogens with zero attached hydrogens (tertiary/aromatic N) is 1. The summed E-state index contributed by atoms with van der Waals surface area (Å²) in [6.45, 7) is 3.32. The molecule has 94 valence electrons. The normalized spacial score (nSPS) is 25.0. The van der Waals surface area contributed by atoms with Crippen LogP contribution in [0.1, 0.15) is 17.3 Å². The first kappa shape index (κ1) is 13.5. The number of rotatable bonds is 2. The molecule has 17 heavy (non-hydrogen) atoms. The molecular formula is C11H13Br2NO2S. The van der Waals surface area contributed by atoms with Crippen LogP contribution in [0.5, 0.6) is 0 Å². The Hall–Kier alpha value is 0.0900. The second-order valence-electron chi connectivity index (χ2n) is 4.07. The Balaban J connectivity index is 2.08. The van der Waals surface area contributed by atoms with Crippen LogP contribution in [0.25, 0.3) is 0 Å². The molecule has 1 aromatic rings. The van der Waals surface area contributed by atoms with E-state index in [1.54, 1.807) is 0 Å². The minimum absolute atomic E-state index is 0.0878. The zero-order chi connectivity index (χ0) is 12.4. The first-order chi connectivity index (χ1) is 8.10. The quantitative estimate of drug-likeness (QED) is 0.735. The molecule has 0 saturated carbocycles. The summed E-state index contributed by atoms with van der Waals surface area (Å²) >= 11 is 8.32.